The van der Waals surface area contributed by atoms with Gasteiger partial charge in [-0.2, -0.15) is 0 Å². The first kappa shape index (κ1) is 16.3. The molecule has 2 saturated carbocycles. The van der Waals surface area contributed by atoms with Crippen LogP contribution in [0, 0.1) is 34.5 Å². The Hall–Kier alpha value is -0.0400. The first-order valence-electron chi connectivity index (χ1n) is 8.95. The summed E-state index contributed by atoms with van der Waals surface area (Å²) in [6, 6.07) is 0.741. The summed E-state index contributed by atoms with van der Waals surface area (Å²) in [4.78, 5) is 0. The van der Waals surface area contributed by atoms with E-state index in [9.17, 15) is 0 Å². The summed E-state index contributed by atoms with van der Waals surface area (Å²) in [5, 5.41) is 3.95. The molecule has 0 saturated heterocycles. The van der Waals surface area contributed by atoms with Crippen LogP contribution in [0.25, 0.3) is 0 Å². The molecule has 0 aliphatic heterocycles. The van der Waals surface area contributed by atoms with Gasteiger partial charge in [-0.1, -0.05) is 48.5 Å². The van der Waals surface area contributed by atoms with Gasteiger partial charge >= 0.3 is 0 Å². The topological polar surface area (TPSA) is 12.0 Å². The van der Waals surface area contributed by atoms with Crippen LogP contribution in [0.15, 0.2) is 0 Å². The fraction of sp³-hybridized carbons (Fsp3) is 1.00. The minimum atomic E-state index is 0.502. The molecule has 2 fully saturated rings. The van der Waals surface area contributed by atoms with Crippen molar-refractivity contribution < 1.29 is 0 Å². The van der Waals surface area contributed by atoms with E-state index in [1.807, 2.05) is 0 Å². The maximum atomic E-state index is 3.95. The van der Waals surface area contributed by atoms with Crippen molar-refractivity contribution in [2.75, 3.05) is 6.54 Å². The van der Waals surface area contributed by atoms with Gasteiger partial charge in [0.05, 0.1) is 0 Å². The van der Waals surface area contributed by atoms with Gasteiger partial charge in [0.2, 0.25) is 0 Å². The Bertz CT molecular complexity index is 307. The second-order valence-electron chi connectivity index (χ2n) is 9.08. The van der Waals surface area contributed by atoms with Gasteiger partial charge in [-0.15, -0.1) is 0 Å². The number of hydrogen-bond donors (Lipinski definition) is 1. The van der Waals surface area contributed by atoms with Crippen molar-refractivity contribution in [2.24, 2.45) is 34.5 Å². The predicted molar refractivity (Wildman–Crippen MR) is 88.8 cm³/mol. The van der Waals surface area contributed by atoms with Crippen LogP contribution >= 0.6 is 0 Å². The molecule has 3 atom stereocenters. The Morgan fingerprint density at radius 1 is 0.950 bits per heavy atom. The van der Waals surface area contributed by atoms with Gasteiger partial charge in [0.1, 0.15) is 0 Å². The van der Waals surface area contributed by atoms with E-state index >= 15 is 0 Å². The number of nitrogens with one attached hydrogen (secondary N) is 1. The van der Waals surface area contributed by atoms with Crippen LogP contribution in [-0.4, -0.2) is 12.6 Å². The molecule has 1 N–H and O–H groups in total. The third kappa shape index (κ3) is 2.80. The van der Waals surface area contributed by atoms with E-state index < -0.39 is 0 Å². The highest BCUT2D eigenvalue weighted by molar-refractivity contribution is 5.17. The van der Waals surface area contributed by atoms with Crippen LogP contribution in [0.3, 0.4) is 0 Å². The van der Waals surface area contributed by atoms with Gasteiger partial charge in [-0.3, -0.25) is 0 Å². The predicted octanol–water partition coefficient (Wildman–Crippen LogP) is 5.11. The minimum Gasteiger partial charge on any atom is -0.313 e. The van der Waals surface area contributed by atoms with Crippen molar-refractivity contribution in [2.45, 2.75) is 80.2 Å². The molecule has 1 heteroatoms. The number of rotatable bonds is 5. The molecule has 2 aliphatic rings. The largest absolute Gasteiger partial charge is 0.313 e. The second kappa shape index (κ2) is 5.63. The van der Waals surface area contributed by atoms with Crippen molar-refractivity contribution >= 4 is 0 Å². The van der Waals surface area contributed by atoms with Crippen LogP contribution < -0.4 is 5.32 Å². The van der Waals surface area contributed by atoms with Crippen molar-refractivity contribution in [3.05, 3.63) is 0 Å². The van der Waals surface area contributed by atoms with E-state index in [1.54, 1.807) is 0 Å². The van der Waals surface area contributed by atoms with Gasteiger partial charge < -0.3 is 5.32 Å². The smallest absolute Gasteiger partial charge is 0.0134 e. The maximum Gasteiger partial charge on any atom is 0.0134 e. The summed E-state index contributed by atoms with van der Waals surface area (Å²) in [5.74, 6) is 3.58. The Morgan fingerprint density at radius 2 is 1.45 bits per heavy atom. The van der Waals surface area contributed by atoms with Gasteiger partial charge in [0.15, 0.2) is 0 Å². The Morgan fingerprint density at radius 3 is 1.85 bits per heavy atom. The molecule has 20 heavy (non-hydrogen) atoms. The SMILES string of the molecule is CCCNC(C1CC(C)CC(C)C1)C1C(C)(C)C1(C)C. The zero-order valence-corrected chi connectivity index (χ0v) is 14.9. The van der Waals surface area contributed by atoms with Crippen LogP contribution in [0.1, 0.15) is 74.1 Å². The van der Waals surface area contributed by atoms with E-state index in [4.69, 9.17) is 0 Å². The molecule has 118 valence electrons. The summed E-state index contributed by atoms with van der Waals surface area (Å²) >= 11 is 0. The summed E-state index contributed by atoms with van der Waals surface area (Å²) in [5.41, 5.74) is 1.00. The van der Waals surface area contributed by atoms with Gasteiger partial charge in [0.25, 0.3) is 0 Å². The van der Waals surface area contributed by atoms with E-state index in [0.717, 1.165) is 29.7 Å². The van der Waals surface area contributed by atoms with E-state index in [2.05, 4.69) is 53.8 Å². The first-order valence-corrected chi connectivity index (χ1v) is 8.95. The lowest BCUT2D eigenvalue weighted by atomic mass is 9.72. The van der Waals surface area contributed by atoms with E-state index in [0.29, 0.717) is 10.8 Å². The zero-order valence-electron chi connectivity index (χ0n) is 14.9. The Balaban J connectivity index is 2.12. The lowest BCUT2D eigenvalue weighted by Crippen LogP contribution is -2.43. The summed E-state index contributed by atoms with van der Waals surface area (Å²) in [6.07, 6.45) is 5.57. The normalized spacial score (nSPS) is 37.6. The highest BCUT2D eigenvalue weighted by Gasteiger charge is 2.67. The van der Waals surface area contributed by atoms with Crippen LogP contribution in [0.2, 0.25) is 0 Å². The molecule has 0 aromatic rings. The molecule has 0 amide bonds. The maximum absolute atomic E-state index is 3.95. The molecule has 0 radical (unpaired) electrons. The molecule has 0 spiro atoms. The summed E-state index contributed by atoms with van der Waals surface area (Å²) in [6.45, 7) is 18.3. The fourth-order valence-electron chi connectivity index (χ4n) is 5.32. The monoisotopic (exact) mass is 279 g/mol. The second-order valence-corrected chi connectivity index (χ2v) is 9.08. The molecule has 2 rings (SSSR count). The van der Waals surface area contributed by atoms with Crippen LogP contribution in [0.4, 0.5) is 0 Å². The number of hydrogen-bond acceptors (Lipinski definition) is 1. The lowest BCUT2D eigenvalue weighted by molar-refractivity contribution is 0.154. The summed E-state index contributed by atoms with van der Waals surface area (Å²) in [7, 11) is 0. The lowest BCUT2D eigenvalue weighted by Gasteiger charge is -2.38. The molecule has 1 nitrogen and oxygen atoms in total. The quantitative estimate of drug-likeness (QED) is 0.737. The zero-order chi connectivity index (χ0) is 15.1. The average molecular weight is 280 g/mol. The first-order chi connectivity index (χ1) is 9.21. The molecule has 0 aromatic carbocycles. The molecular formula is C19H37N. The highest BCUT2D eigenvalue weighted by atomic mass is 15.0. The molecule has 0 bridgehead atoms. The van der Waals surface area contributed by atoms with Crippen molar-refractivity contribution in [1.29, 1.82) is 0 Å². The molecule has 0 heterocycles. The van der Waals surface area contributed by atoms with Crippen molar-refractivity contribution in [1.82, 2.24) is 5.32 Å². The van der Waals surface area contributed by atoms with E-state index in [1.165, 1.54) is 32.2 Å². The van der Waals surface area contributed by atoms with Gasteiger partial charge in [0, 0.05) is 6.04 Å². The highest BCUT2D eigenvalue weighted by Crippen LogP contribution is 2.70. The molecule has 0 aromatic heterocycles. The van der Waals surface area contributed by atoms with Crippen LogP contribution in [-0.2, 0) is 0 Å². The third-order valence-electron chi connectivity index (χ3n) is 6.84. The standard InChI is InChI=1S/C19H37N/c1-8-9-20-16(17-18(4,5)19(17,6)7)15-11-13(2)10-14(3)12-15/h13-17,20H,8-12H2,1-7H3. The Labute approximate surface area is 127 Å². The molecule has 3 unspecified atom stereocenters. The van der Waals surface area contributed by atoms with Gasteiger partial charge in [-0.25, -0.2) is 0 Å². The average Bonchev–Trinajstić information content (AvgIpc) is 2.71. The van der Waals surface area contributed by atoms with Crippen molar-refractivity contribution in [3.63, 3.8) is 0 Å². The van der Waals surface area contributed by atoms with Gasteiger partial charge in [-0.05, 0) is 66.7 Å². The Kier molecular flexibility index (Phi) is 4.60. The van der Waals surface area contributed by atoms with E-state index in [-0.39, 0.29) is 0 Å². The summed E-state index contributed by atoms with van der Waals surface area (Å²) < 4.78 is 0. The van der Waals surface area contributed by atoms with Crippen LogP contribution in [0.5, 0.6) is 0 Å². The third-order valence-corrected chi connectivity index (χ3v) is 6.84. The molecular weight excluding hydrogens is 242 g/mol. The molecule has 2 aliphatic carbocycles. The fourth-order valence-corrected chi connectivity index (χ4v) is 5.32. The minimum absolute atomic E-state index is 0.502. The van der Waals surface area contributed by atoms with Crippen molar-refractivity contribution in [3.8, 4) is 0 Å².